The number of aliphatic hydroxyl groups is 2. The average Bonchev–Trinajstić information content (AvgIpc) is 2.23. The van der Waals surface area contributed by atoms with Gasteiger partial charge in [-0.25, -0.2) is 9.59 Å². The Hall–Kier alpha value is -1.40. The van der Waals surface area contributed by atoms with Crippen molar-refractivity contribution in [2.45, 2.75) is 19.4 Å². The van der Waals surface area contributed by atoms with E-state index >= 15 is 0 Å². The van der Waals surface area contributed by atoms with Crippen molar-refractivity contribution in [2.24, 2.45) is 0 Å². The van der Waals surface area contributed by atoms with E-state index < -0.39 is 30.8 Å². The van der Waals surface area contributed by atoms with E-state index in [0.717, 1.165) is 0 Å². The Morgan fingerprint density at radius 2 is 1.75 bits per heavy atom. The number of hydrogen-bond donors (Lipinski definition) is 2. The van der Waals surface area contributed by atoms with E-state index in [2.05, 4.69) is 4.74 Å². The lowest BCUT2D eigenvalue weighted by Gasteiger charge is -2.20. The van der Waals surface area contributed by atoms with Gasteiger partial charge in [0, 0.05) is 0 Å². The van der Waals surface area contributed by atoms with Crippen molar-refractivity contribution >= 4 is 11.9 Å². The van der Waals surface area contributed by atoms with Crippen LogP contribution in [0.15, 0.2) is 12.2 Å². The Morgan fingerprint density at radius 3 is 2.25 bits per heavy atom. The highest BCUT2D eigenvalue weighted by molar-refractivity contribution is 5.71. The van der Waals surface area contributed by atoms with Crippen LogP contribution in [0.5, 0.6) is 0 Å². The van der Waals surface area contributed by atoms with Crippen molar-refractivity contribution < 1.29 is 29.3 Å². The van der Waals surface area contributed by atoms with E-state index in [1.54, 1.807) is 13.8 Å². The maximum absolute atomic E-state index is 10.8. The SMILES string of the molecule is CC(C)(C=CCOC(=O)CO)OC(=O)CO. The molecule has 0 bridgehead atoms. The molecule has 0 saturated heterocycles. The first kappa shape index (κ1) is 14.6. The maximum Gasteiger partial charge on any atom is 0.332 e. The van der Waals surface area contributed by atoms with Gasteiger partial charge in [0.05, 0.1) is 0 Å². The molecule has 0 aromatic heterocycles. The van der Waals surface area contributed by atoms with Crippen LogP contribution in [-0.4, -0.2) is 47.6 Å². The van der Waals surface area contributed by atoms with Gasteiger partial charge in [-0.3, -0.25) is 0 Å². The van der Waals surface area contributed by atoms with Crippen molar-refractivity contribution in [3.63, 3.8) is 0 Å². The largest absolute Gasteiger partial charge is 0.460 e. The second kappa shape index (κ2) is 6.97. The van der Waals surface area contributed by atoms with Crippen molar-refractivity contribution in [3.05, 3.63) is 12.2 Å². The summed E-state index contributed by atoms with van der Waals surface area (Å²) in [5.74, 6) is -1.46. The highest BCUT2D eigenvalue weighted by atomic mass is 16.6. The van der Waals surface area contributed by atoms with Crippen LogP contribution in [0.1, 0.15) is 13.8 Å². The van der Waals surface area contributed by atoms with Gasteiger partial charge in [0.15, 0.2) is 0 Å². The van der Waals surface area contributed by atoms with E-state index in [1.807, 2.05) is 0 Å². The molecule has 0 aliphatic heterocycles. The van der Waals surface area contributed by atoms with Gasteiger partial charge in [-0.1, -0.05) is 0 Å². The summed E-state index contributed by atoms with van der Waals surface area (Å²) in [4.78, 5) is 21.3. The average molecular weight is 232 g/mol. The van der Waals surface area contributed by atoms with Gasteiger partial charge in [0.25, 0.3) is 0 Å². The first-order valence-corrected chi connectivity index (χ1v) is 4.68. The first-order valence-electron chi connectivity index (χ1n) is 4.68. The molecular formula is C10H16O6. The summed E-state index contributed by atoms with van der Waals surface area (Å²) in [6.45, 7) is 1.86. The monoisotopic (exact) mass is 232 g/mol. The number of carbonyl (C=O) groups excluding carboxylic acids is 2. The first-order chi connectivity index (χ1) is 7.41. The summed E-state index contributed by atoms with van der Waals surface area (Å²) >= 11 is 0. The molecule has 0 heterocycles. The fourth-order valence-electron chi connectivity index (χ4n) is 0.878. The van der Waals surface area contributed by atoms with Gasteiger partial charge in [0.2, 0.25) is 0 Å². The molecule has 0 rings (SSSR count). The topological polar surface area (TPSA) is 93.1 Å². The van der Waals surface area contributed by atoms with Crippen molar-refractivity contribution in [2.75, 3.05) is 19.8 Å². The molecule has 6 nitrogen and oxygen atoms in total. The third-order valence-electron chi connectivity index (χ3n) is 1.49. The minimum atomic E-state index is -0.883. The van der Waals surface area contributed by atoms with Gasteiger partial charge in [-0.2, -0.15) is 0 Å². The summed E-state index contributed by atoms with van der Waals surface area (Å²) < 4.78 is 9.41. The maximum atomic E-state index is 10.8. The summed E-state index contributed by atoms with van der Waals surface area (Å²) in [5.41, 5.74) is -0.883. The highest BCUT2D eigenvalue weighted by Gasteiger charge is 2.18. The molecule has 0 amide bonds. The molecule has 16 heavy (non-hydrogen) atoms. The lowest BCUT2D eigenvalue weighted by molar-refractivity contribution is -0.156. The molecule has 0 aromatic carbocycles. The Bertz CT molecular complexity index is 268. The lowest BCUT2D eigenvalue weighted by atomic mass is 10.1. The smallest absolute Gasteiger partial charge is 0.332 e. The van der Waals surface area contributed by atoms with E-state index in [0.29, 0.717) is 0 Å². The Kier molecular flexibility index (Phi) is 6.36. The standard InChI is InChI=1S/C10H16O6/c1-10(2,16-9(14)7-12)4-3-5-15-8(13)6-11/h3-4,11-12H,5-7H2,1-2H3. The molecule has 0 unspecified atom stereocenters. The van der Waals surface area contributed by atoms with Crippen LogP contribution in [0.3, 0.4) is 0 Å². The third-order valence-corrected chi connectivity index (χ3v) is 1.49. The van der Waals surface area contributed by atoms with Crippen molar-refractivity contribution in [1.29, 1.82) is 0 Å². The summed E-state index contributed by atoms with van der Waals surface area (Å²) in [6, 6.07) is 0. The predicted octanol–water partition coefficient (Wildman–Crippen LogP) is -0.608. The molecule has 0 aliphatic rings. The van der Waals surface area contributed by atoms with Crippen molar-refractivity contribution in [3.8, 4) is 0 Å². The van der Waals surface area contributed by atoms with E-state index in [9.17, 15) is 9.59 Å². The summed E-state index contributed by atoms with van der Waals surface area (Å²) in [7, 11) is 0. The molecule has 0 spiro atoms. The summed E-state index contributed by atoms with van der Waals surface area (Å²) in [5, 5.41) is 16.8. The molecule has 0 aliphatic carbocycles. The van der Waals surface area contributed by atoms with E-state index in [-0.39, 0.29) is 6.61 Å². The number of aliphatic hydroxyl groups excluding tert-OH is 2. The highest BCUT2D eigenvalue weighted by Crippen LogP contribution is 2.10. The number of carbonyl (C=O) groups is 2. The fraction of sp³-hybridized carbons (Fsp3) is 0.600. The minimum absolute atomic E-state index is 0.0144. The number of hydrogen-bond acceptors (Lipinski definition) is 6. The molecule has 0 aromatic rings. The van der Waals surface area contributed by atoms with Gasteiger partial charge in [-0.05, 0) is 26.0 Å². The normalized spacial score (nSPS) is 11.5. The Balaban J connectivity index is 4.00. The molecule has 0 saturated carbocycles. The van der Waals surface area contributed by atoms with Gasteiger partial charge in [0.1, 0.15) is 25.4 Å². The van der Waals surface area contributed by atoms with E-state index in [1.165, 1.54) is 12.2 Å². The third kappa shape index (κ3) is 6.97. The van der Waals surface area contributed by atoms with Gasteiger partial charge >= 0.3 is 11.9 Å². The molecule has 2 N–H and O–H groups in total. The fourth-order valence-corrected chi connectivity index (χ4v) is 0.878. The number of esters is 2. The van der Waals surface area contributed by atoms with Crippen LogP contribution in [-0.2, 0) is 19.1 Å². The summed E-state index contributed by atoms with van der Waals surface area (Å²) in [6.07, 6.45) is 3.00. The number of rotatable bonds is 6. The van der Waals surface area contributed by atoms with Crippen molar-refractivity contribution in [1.82, 2.24) is 0 Å². The second-order valence-corrected chi connectivity index (χ2v) is 3.48. The zero-order valence-corrected chi connectivity index (χ0v) is 9.30. The number of ether oxygens (including phenoxy) is 2. The van der Waals surface area contributed by atoms with E-state index in [4.69, 9.17) is 14.9 Å². The van der Waals surface area contributed by atoms with Crippen LogP contribution >= 0.6 is 0 Å². The van der Waals surface area contributed by atoms with Crippen LogP contribution in [0.2, 0.25) is 0 Å². The Labute approximate surface area is 93.5 Å². The van der Waals surface area contributed by atoms with Crippen LogP contribution in [0.4, 0.5) is 0 Å². The molecule has 6 heteroatoms. The molecule has 0 radical (unpaired) electrons. The zero-order valence-electron chi connectivity index (χ0n) is 9.30. The lowest BCUT2D eigenvalue weighted by Crippen LogP contribution is -2.27. The Morgan fingerprint density at radius 1 is 1.19 bits per heavy atom. The van der Waals surface area contributed by atoms with Crippen LogP contribution < -0.4 is 0 Å². The van der Waals surface area contributed by atoms with Crippen LogP contribution in [0, 0.1) is 0 Å². The minimum Gasteiger partial charge on any atom is -0.460 e. The predicted molar refractivity (Wildman–Crippen MR) is 54.4 cm³/mol. The van der Waals surface area contributed by atoms with Gasteiger partial charge in [-0.15, -0.1) is 0 Å². The quantitative estimate of drug-likeness (QED) is 0.469. The molecule has 0 fully saturated rings. The molecule has 0 atom stereocenters. The molecule has 92 valence electrons. The zero-order chi connectivity index (χ0) is 12.6. The second-order valence-electron chi connectivity index (χ2n) is 3.48. The molecular weight excluding hydrogens is 216 g/mol. The van der Waals surface area contributed by atoms with Crippen LogP contribution in [0.25, 0.3) is 0 Å². The van der Waals surface area contributed by atoms with Gasteiger partial charge < -0.3 is 19.7 Å².